The fourth-order valence-corrected chi connectivity index (χ4v) is 3.21. The molecule has 0 aliphatic rings. The van der Waals surface area contributed by atoms with Crippen molar-refractivity contribution >= 4 is 0 Å². The van der Waals surface area contributed by atoms with Gasteiger partial charge in [-0.05, 0) is 55.1 Å². The smallest absolute Gasteiger partial charge is 0.218 e. The number of halogens is 1. The Morgan fingerprint density at radius 2 is 1.84 bits per heavy atom. The predicted molar refractivity (Wildman–Crippen MR) is 116 cm³/mol. The number of aromatic nitrogens is 3. The van der Waals surface area contributed by atoms with Crippen molar-refractivity contribution in [2.45, 2.75) is 6.42 Å². The molecular weight excluding hydrogens is 393 g/mol. The molecular formula is C24H20FN5O. The van der Waals surface area contributed by atoms with E-state index in [1.807, 2.05) is 18.2 Å². The van der Waals surface area contributed by atoms with Crippen LogP contribution in [0.3, 0.4) is 0 Å². The van der Waals surface area contributed by atoms with Crippen LogP contribution in [0, 0.1) is 17.1 Å². The Bertz CT molecular complexity index is 1240. The Kier molecular flexibility index (Phi) is 5.74. The lowest BCUT2D eigenvalue weighted by Crippen LogP contribution is -2.04. The Balaban J connectivity index is 1.69. The van der Waals surface area contributed by atoms with Crippen molar-refractivity contribution in [3.8, 4) is 40.1 Å². The summed E-state index contributed by atoms with van der Waals surface area (Å²) in [6, 6.07) is 19.2. The molecule has 2 heterocycles. The van der Waals surface area contributed by atoms with Crippen molar-refractivity contribution in [1.29, 1.82) is 5.26 Å². The molecule has 0 radical (unpaired) electrons. The lowest BCUT2D eigenvalue weighted by atomic mass is 10.0. The minimum Gasteiger partial charge on any atom is -0.439 e. The van der Waals surface area contributed by atoms with Gasteiger partial charge in [-0.3, -0.25) is 4.98 Å². The highest BCUT2D eigenvalue weighted by Crippen LogP contribution is 2.35. The monoisotopic (exact) mass is 413 g/mol. The van der Waals surface area contributed by atoms with Crippen molar-refractivity contribution in [2.75, 3.05) is 6.54 Å². The zero-order valence-electron chi connectivity index (χ0n) is 16.9. The summed E-state index contributed by atoms with van der Waals surface area (Å²) in [4.78, 5) is 4.46. The van der Waals surface area contributed by atoms with Crippen molar-refractivity contribution in [2.24, 2.45) is 12.8 Å². The second kappa shape index (κ2) is 8.78. The molecule has 4 aromatic rings. The van der Waals surface area contributed by atoms with Crippen LogP contribution in [0.4, 0.5) is 4.39 Å². The SMILES string of the molecule is Cn1nc(-c2ccc(F)cc2)cc1Oc1cc(C#N)ccc1-c1ccc(CCN)nc1. The average Bonchev–Trinajstić information content (AvgIpc) is 3.15. The first-order valence-electron chi connectivity index (χ1n) is 9.74. The van der Waals surface area contributed by atoms with Crippen LogP contribution in [0.25, 0.3) is 22.4 Å². The molecule has 0 fully saturated rings. The van der Waals surface area contributed by atoms with E-state index in [9.17, 15) is 9.65 Å². The third kappa shape index (κ3) is 4.44. The molecule has 7 heteroatoms. The minimum atomic E-state index is -0.305. The molecule has 6 nitrogen and oxygen atoms in total. The zero-order valence-corrected chi connectivity index (χ0v) is 16.9. The number of ether oxygens (including phenoxy) is 1. The fraction of sp³-hybridized carbons (Fsp3) is 0.125. The van der Waals surface area contributed by atoms with Gasteiger partial charge >= 0.3 is 0 Å². The predicted octanol–water partition coefficient (Wildman–Crippen LogP) is 4.45. The molecule has 0 amide bonds. The molecule has 0 spiro atoms. The summed E-state index contributed by atoms with van der Waals surface area (Å²) in [5, 5.41) is 13.8. The van der Waals surface area contributed by atoms with Crippen molar-refractivity contribution in [1.82, 2.24) is 14.8 Å². The van der Waals surface area contributed by atoms with Crippen LogP contribution in [-0.4, -0.2) is 21.3 Å². The Hall–Kier alpha value is -4.02. The number of aryl methyl sites for hydroxylation is 1. The molecule has 0 saturated heterocycles. The standard InChI is InChI=1S/C24H20FN5O/c1-30-24(13-22(29-30)17-3-6-19(25)7-4-17)31-23-12-16(14-27)2-9-21(23)18-5-8-20(10-11-26)28-15-18/h2-9,12-13,15H,10-11,26H2,1H3. The highest BCUT2D eigenvalue weighted by molar-refractivity contribution is 5.71. The van der Waals surface area contributed by atoms with Gasteiger partial charge in [-0.1, -0.05) is 6.07 Å². The average molecular weight is 413 g/mol. The molecule has 0 aliphatic heterocycles. The summed E-state index contributed by atoms with van der Waals surface area (Å²) in [6.07, 6.45) is 2.48. The zero-order chi connectivity index (χ0) is 21.8. The first-order valence-corrected chi connectivity index (χ1v) is 9.74. The highest BCUT2D eigenvalue weighted by atomic mass is 19.1. The Morgan fingerprint density at radius 3 is 2.52 bits per heavy atom. The molecule has 2 N–H and O–H groups in total. The van der Waals surface area contributed by atoms with Crippen LogP contribution in [0.1, 0.15) is 11.3 Å². The molecule has 0 saturated carbocycles. The maximum atomic E-state index is 13.2. The number of hydrogen-bond donors (Lipinski definition) is 1. The molecule has 2 aromatic heterocycles. The lowest BCUT2D eigenvalue weighted by Gasteiger charge is -2.12. The summed E-state index contributed by atoms with van der Waals surface area (Å²) >= 11 is 0. The van der Waals surface area contributed by atoms with Crippen molar-refractivity contribution in [3.05, 3.63) is 83.9 Å². The quantitative estimate of drug-likeness (QED) is 0.504. The number of rotatable bonds is 6. The van der Waals surface area contributed by atoms with Crippen LogP contribution >= 0.6 is 0 Å². The third-order valence-corrected chi connectivity index (χ3v) is 4.84. The van der Waals surface area contributed by atoms with Crippen molar-refractivity contribution < 1.29 is 9.13 Å². The van der Waals surface area contributed by atoms with Crippen LogP contribution < -0.4 is 10.5 Å². The van der Waals surface area contributed by atoms with Gasteiger partial charge in [-0.2, -0.15) is 10.4 Å². The Labute approximate surface area is 179 Å². The number of benzene rings is 2. The topological polar surface area (TPSA) is 89.8 Å². The largest absolute Gasteiger partial charge is 0.439 e. The number of nitriles is 1. The van der Waals surface area contributed by atoms with Gasteiger partial charge in [0.05, 0.1) is 17.3 Å². The molecule has 4 rings (SSSR count). The van der Waals surface area contributed by atoms with Crippen LogP contribution in [0.2, 0.25) is 0 Å². The summed E-state index contributed by atoms with van der Waals surface area (Å²) < 4.78 is 21.0. The molecule has 0 bridgehead atoms. The van der Waals surface area contributed by atoms with Gasteiger partial charge in [0.1, 0.15) is 11.6 Å². The molecule has 154 valence electrons. The van der Waals surface area contributed by atoms with Gasteiger partial charge in [-0.25, -0.2) is 9.07 Å². The van der Waals surface area contributed by atoms with E-state index in [0.717, 1.165) is 22.4 Å². The van der Waals surface area contributed by atoms with Gasteiger partial charge < -0.3 is 10.5 Å². The van der Waals surface area contributed by atoms with Gasteiger partial charge in [0, 0.05) is 48.1 Å². The number of hydrogen-bond acceptors (Lipinski definition) is 5. The normalized spacial score (nSPS) is 10.6. The lowest BCUT2D eigenvalue weighted by molar-refractivity contribution is 0.432. The minimum absolute atomic E-state index is 0.305. The van der Waals surface area contributed by atoms with Gasteiger partial charge in [-0.15, -0.1) is 0 Å². The van der Waals surface area contributed by atoms with E-state index >= 15 is 0 Å². The fourth-order valence-electron chi connectivity index (χ4n) is 3.21. The second-order valence-corrected chi connectivity index (χ2v) is 7.00. The maximum absolute atomic E-state index is 13.2. The number of nitrogens with zero attached hydrogens (tertiary/aromatic N) is 4. The first-order chi connectivity index (χ1) is 15.1. The van der Waals surface area contributed by atoms with E-state index in [0.29, 0.717) is 35.9 Å². The summed E-state index contributed by atoms with van der Waals surface area (Å²) in [7, 11) is 1.76. The van der Waals surface area contributed by atoms with Crippen molar-refractivity contribution in [3.63, 3.8) is 0 Å². The third-order valence-electron chi connectivity index (χ3n) is 4.84. The summed E-state index contributed by atoms with van der Waals surface area (Å²) in [5.41, 5.74) is 10.1. The molecule has 0 aliphatic carbocycles. The van der Waals surface area contributed by atoms with E-state index < -0.39 is 0 Å². The summed E-state index contributed by atoms with van der Waals surface area (Å²) in [5.74, 6) is 0.699. The van der Waals surface area contributed by atoms with Crippen LogP contribution in [0.15, 0.2) is 66.9 Å². The van der Waals surface area contributed by atoms with Gasteiger partial charge in [0.2, 0.25) is 5.88 Å². The summed E-state index contributed by atoms with van der Waals surface area (Å²) in [6.45, 7) is 0.536. The molecule has 0 unspecified atom stereocenters. The maximum Gasteiger partial charge on any atom is 0.218 e. The van der Waals surface area contributed by atoms with Gasteiger partial charge in [0.25, 0.3) is 0 Å². The highest BCUT2D eigenvalue weighted by Gasteiger charge is 2.14. The van der Waals surface area contributed by atoms with Crippen LogP contribution in [-0.2, 0) is 13.5 Å². The molecule has 31 heavy (non-hydrogen) atoms. The second-order valence-electron chi connectivity index (χ2n) is 7.00. The van der Waals surface area contributed by atoms with E-state index in [-0.39, 0.29) is 5.82 Å². The molecule has 2 aromatic carbocycles. The number of nitrogens with two attached hydrogens (primary N) is 1. The van der Waals surface area contributed by atoms with Gasteiger partial charge in [0.15, 0.2) is 0 Å². The Morgan fingerprint density at radius 1 is 1.06 bits per heavy atom. The number of pyridine rings is 1. The molecule has 0 atom stereocenters. The van der Waals surface area contributed by atoms with E-state index in [4.69, 9.17) is 10.5 Å². The first kappa shape index (κ1) is 20.3. The van der Waals surface area contributed by atoms with Crippen LogP contribution in [0.5, 0.6) is 11.6 Å². The van der Waals surface area contributed by atoms with E-state index in [1.54, 1.807) is 48.3 Å². The van der Waals surface area contributed by atoms with E-state index in [1.165, 1.54) is 12.1 Å². The van der Waals surface area contributed by atoms with E-state index in [2.05, 4.69) is 16.2 Å².